The van der Waals surface area contributed by atoms with Crippen molar-refractivity contribution in [1.29, 1.82) is 0 Å². The molecule has 2 unspecified atom stereocenters. The summed E-state index contributed by atoms with van der Waals surface area (Å²) in [4.78, 5) is 25.5. The van der Waals surface area contributed by atoms with Crippen molar-refractivity contribution < 1.29 is 14.3 Å². The largest absolute Gasteiger partial charge is 0.378 e. The first-order chi connectivity index (χ1) is 9.45. The van der Waals surface area contributed by atoms with E-state index in [1.54, 1.807) is 0 Å². The van der Waals surface area contributed by atoms with Crippen LogP contribution in [0.2, 0.25) is 0 Å². The van der Waals surface area contributed by atoms with Crippen LogP contribution in [0.5, 0.6) is 0 Å². The Balaban J connectivity index is 2.58. The van der Waals surface area contributed by atoms with Crippen molar-refractivity contribution in [2.45, 2.75) is 51.7 Å². The molecule has 4 N–H and O–H groups in total. The molecule has 1 rings (SSSR count). The molecule has 1 fully saturated rings. The summed E-state index contributed by atoms with van der Waals surface area (Å²) >= 11 is 0. The lowest BCUT2D eigenvalue weighted by Crippen LogP contribution is -2.57. The maximum atomic E-state index is 12.2. The van der Waals surface area contributed by atoms with Gasteiger partial charge in [-0.05, 0) is 27.2 Å². The van der Waals surface area contributed by atoms with Gasteiger partial charge in [-0.25, -0.2) is 5.84 Å². The van der Waals surface area contributed by atoms with Crippen LogP contribution in [0.3, 0.4) is 0 Å². The quantitative estimate of drug-likeness (QED) is 0.343. The summed E-state index contributed by atoms with van der Waals surface area (Å²) in [6, 6.07) is -0.0641. The molecule has 0 saturated carbocycles. The fourth-order valence-corrected chi connectivity index (χ4v) is 2.33. The average Bonchev–Trinajstić information content (AvgIpc) is 2.43. The number of nitrogens with two attached hydrogens (primary N) is 1. The molecular formula is C13H26N4O3. The topological polar surface area (TPSA) is 96.7 Å². The summed E-state index contributed by atoms with van der Waals surface area (Å²) in [6.07, 6.45) is 1.02. The molecule has 0 aromatic rings. The number of amides is 2. The molecule has 2 atom stereocenters. The van der Waals surface area contributed by atoms with Gasteiger partial charge in [0.15, 0.2) is 0 Å². The fraction of sp³-hybridized carbons (Fsp3) is 0.846. The zero-order valence-electron chi connectivity index (χ0n) is 12.5. The van der Waals surface area contributed by atoms with Gasteiger partial charge >= 0.3 is 0 Å². The summed E-state index contributed by atoms with van der Waals surface area (Å²) in [6.45, 7) is 7.58. The standard InChI is InChI=1S/C13H26N4O3/c1-9(2)15-13(19)11-8-20-7-6-17(11)10(3)4-5-12(18)16-14/h9-11H,4-8,14H2,1-3H3,(H,15,19)(H,16,18). The van der Waals surface area contributed by atoms with Crippen molar-refractivity contribution in [3.63, 3.8) is 0 Å². The first-order valence-electron chi connectivity index (χ1n) is 7.09. The Kier molecular flexibility index (Phi) is 6.90. The van der Waals surface area contributed by atoms with Gasteiger partial charge < -0.3 is 10.1 Å². The van der Waals surface area contributed by atoms with E-state index in [4.69, 9.17) is 10.6 Å². The molecule has 7 heteroatoms. The molecule has 0 aromatic heterocycles. The van der Waals surface area contributed by atoms with Crippen molar-refractivity contribution in [2.24, 2.45) is 5.84 Å². The van der Waals surface area contributed by atoms with Gasteiger partial charge in [-0.2, -0.15) is 0 Å². The van der Waals surface area contributed by atoms with Crippen molar-refractivity contribution in [3.05, 3.63) is 0 Å². The molecule has 20 heavy (non-hydrogen) atoms. The number of hydrogen-bond acceptors (Lipinski definition) is 5. The number of hydrogen-bond donors (Lipinski definition) is 3. The normalized spacial score (nSPS) is 21.6. The lowest BCUT2D eigenvalue weighted by atomic mass is 10.1. The maximum absolute atomic E-state index is 12.2. The predicted octanol–water partition coefficient (Wildman–Crippen LogP) is -0.630. The second-order valence-corrected chi connectivity index (χ2v) is 5.45. The van der Waals surface area contributed by atoms with Crippen LogP contribution < -0.4 is 16.6 Å². The summed E-state index contributed by atoms with van der Waals surface area (Å²) in [5.41, 5.74) is 2.12. The van der Waals surface area contributed by atoms with Crippen LogP contribution in [0.25, 0.3) is 0 Å². The zero-order valence-corrected chi connectivity index (χ0v) is 12.5. The maximum Gasteiger partial charge on any atom is 0.239 e. The second-order valence-electron chi connectivity index (χ2n) is 5.45. The van der Waals surface area contributed by atoms with Gasteiger partial charge in [-0.1, -0.05) is 0 Å². The molecule has 1 aliphatic rings. The van der Waals surface area contributed by atoms with Crippen LogP contribution in [-0.2, 0) is 14.3 Å². The third kappa shape index (κ3) is 5.07. The third-order valence-electron chi connectivity index (χ3n) is 3.42. The van der Waals surface area contributed by atoms with E-state index in [0.29, 0.717) is 32.6 Å². The number of nitrogens with one attached hydrogen (secondary N) is 2. The predicted molar refractivity (Wildman–Crippen MR) is 75.6 cm³/mol. The Bertz CT molecular complexity index is 336. The number of rotatable bonds is 6. The molecular weight excluding hydrogens is 260 g/mol. The second kappa shape index (κ2) is 8.18. The molecule has 2 amide bonds. The highest BCUT2D eigenvalue weighted by atomic mass is 16.5. The Labute approximate surface area is 120 Å². The van der Waals surface area contributed by atoms with E-state index < -0.39 is 0 Å². The van der Waals surface area contributed by atoms with Crippen molar-refractivity contribution >= 4 is 11.8 Å². The van der Waals surface area contributed by atoms with Crippen molar-refractivity contribution in [3.8, 4) is 0 Å². The lowest BCUT2D eigenvalue weighted by Gasteiger charge is -2.39. The monoisotopic (exact) mass is 286 g/mol. The summed E-state index contributed by atoms with van der Waals surface area (Å²) < 4.78 is 5.41. The van der Waals surface area contributed by atoms with E-state index in [2.05, 4.69) is 15.6 Å². The first-order valence-corrected chi connectivity index (χ1v) is 7.09. The summed E-state index contributed by atoms with van der Waals surface area (Å²) in [5.74, 6) is 4.86. The SMILES string of the molecule is CC(C)NC(=O)C1COCCN1C(C)CCC(=O)NN. The minimum Gasteiger partial charge on any atom is -0.378 e. The number of carbonyl (C=O) groups is 2. The Morgan fingerprint density at radius 2 is 2.10 bits per heavy atom. The Hall–Kier alpha value is -1.18. The van der Waals surface area contributed by atoms with Gasteiger partial charge in [0, 0.05) is 25.0 Å². The Morgan fingerprint density at radius 1 is 1.40 bits per heavy atom. The minimum atomic E-state index is -0.290. The van der Waals surface area contributed by atoms with Gasteiger partial charge in [0.05, 0.1) is 13.2 Å². The van der Waals surface area contributed by atoms with E-state index >= 15 is 0 Å². The molecule has 7 nitrogen and oxygen atoms in total. The number of hydrazine groups is 1. The number of ether oxygens (including phenoxy) is 1. The van der Waals surface area contributed by atoms with Crippen molar-refractivity contribution in [2.75, 3.05) is 19.8 Å². The molecule has 1 saturated heterocycles. The first kappa shape index (κ1) is 16.9. The molecule has 0 bridgehead atoms. The smallest absolute Gasteiger partial charge is 0.239 e. The number of carbonyl (C=O) groups excluding carboxylic acids is 2. The van der Waals surface area contributed by atoms with Crippen LogP contribution in [-0.4, -0.2) is 54.6 Å². The summed E-state index contributed by atoms with van der Waals surface area (Å²) in [7, 11) is 0. The number of nitrogens with zero attached hydrogens (tertiary/aromatic N) is 1. The molecule has 116 valence electrons. The van der Waals surface area contributed by atoms with Gasteiger partial charge in [-0.3, -0.25) is 19.9 Å². The average molecular weight is 286 g/mol. The van der Waals surface area contributed by atoms with Gasteiger partial charge in [0.25, 0.3) is 0 Å². The Morgan fingerprint density at radius 3 is 2.70 bits per heavy atom. The van der Waals surface area contributed by atoms with E-state index in [1.807, 2.05) is 20.8 Å². The molecule has 0 spiro atoms. The van der Waals surface area contributed by atoms with E-state index in [-0.39, 0.29) is 29.9 Å². The van der Waals surface area contributed by atoms with Gasteiger partial charge in [0.1, 0.15) is 6.04 Å². The molecule has 0 radical (unpaired) electrons. The lowest BCUT2D eigenvalue weighted by molar-refractivity contribution is -0.135. The fourth-order valence-electron chi connectivity index (χ4n) is 2.33. The van der Waals surface area contributed by atoms with Crippen LogP contribution in [0, 0.1) is 0 Å². The number of morpholine rings is 1. The summed E-state index contributed by atoms with van der Waals surface area (Å²) in [5, 5.41) is 2.91. The molecule has 0 aliphatic carbocycles. The zero-order chi connectivity index (χ0) is 15.1. The van der Waals surface area contributed by atoms with Crippen LogP contribution in [0.15, 0.2) is 0 Å². The minimum absolute atomic E-state index is 0.0187. The third-order valence-corrected chi connectivity index (χ3v) is 3.42. The highest BCUT2D eigenvalue weighted by Gasteiger charge is 2.32. The van der Waals surface area contributed by atoms with E-state index in [0.717, 1.165) is 0 Å². The van der Waals surface area contributed by atoms with E-state index in [9.17, 15) is 9.59 Å². The molecule has 0 aromatic carbocycles. The van der Waals surface area contributed by atoms with Crippen LogP contribution >= 0.6 is 0 Å². The van der Waals surface area contributed by atoms with Crippen LogP contribution in [0.4, 0.5) is 0 Å². The molecule has 1 aliphatic heterocycles. The highest BCUT2D eigenvalue weighted by molar-refractivity contribution is 5.82. The van der Waals surface area contributed by atoms with Gasteiger partial charge in [0.2, 0.25) is 11.8 Å². The molecule has 1 heterocycles. The van der Waals surface area contributed by atoms with Gasteiger partial charge in [-0.15, -0.1) is 0 Å². The van der Waals surface area contributed by atoms with Crippen LogP contribution in [0.1, 0.15) is 33.6 Å². The van der Waals surface area contributed by atoms with Crippen molar-refractivity contribution in [1.82, 2.24) is 15.6 Å². The highest BCUT2D eigenvalue weighted by Crippen LogP contribution is 2.15. The van der Waals surface area contributed by atoms with E-state index in [1.165, 1.54) is 0 Å².